The number of nitrogens with one attached hydrogen (secondary N) is 1. The van der Waals surface area contributed by atoms with E-state index in [2.05, 4.69) is 5.32 Å². The largest absolute Gasteiger partial charge is 0.497 e. The molecule has 0 aromatic heterocycles. The maximum atomic E-state index is 10.4. The van der Waals surface area contributed by atoms with Gasteiger partial charge in [0.1, 0.15) is 12.4 Å². The number of carbonyl (C=O) groups is 1. The highest BCUT2D eigenvalue weighted by Crippen LogP contribution is 2.11. The molecule has 0 aliphatic carbocycles. The smallest absolute Gasteiger partial charge is 0.243 e. The fraction of sp³-hybridized carbons (Fsp3) is 0.417. The van der Waals surface area contributed by atoms with Crippen LogP contribution in [0.3, 0.4) is 0 Å². The predicted octanol–water partition coefficient (Wildman–Crippen LogP) is 0.287. The summed E-state index contributed by atoms with van der Waals surface area (Å²) in [5, 5.41) is 3.19. The topological polar surface area (TPSA) is 73.6 Å². The first-order valence-electron chi connectivity index (χ1n) is 5.42. The average Bonchev–Trinajstić information content (AvgIpc) is 2.33. The molecule has 94 valence electrons. The molecule has 0 fully saturated rings. The Morgan fingerprint density at radius 2 is 2.29 bits per heavy atom. The molecule has 0 radical (unpaired) electrons. The van der Waals surface area contributed by atoms with Gasteiger partial charge >= 0.3 is 0 Å². The Kier molecular flexibility index (Phi) is 6.06. The fourth-order valence-corrected chi connectivity index (χ4v) is 1.33. The molecule has 1 rings (SSSR count). The van der Waals surface area contributed by atoms with E-state index in [1.165, 1.54) is 0 Å². The summed E-state index contributed by atoms with van der Waals surface area (Å²) in [6, 6.07) is 7.83. The van der Waals surface area contributed by atoms with Gasteiger partial charge < -0.3 is 20.5 Å². The third-order valence-corrected chi connectivity index (χ3v) is 2.13. The highest BCUT2D eigenvalue weighted by atomic mass is 16.5. The molecule has 17 heavy (non-hydrogen) atoms. The molecule has 1 amide bonds. The van der Waals surface area contributed by atoms with Gasteiger partial charge in [0, 0.05) is 13.1 Å². The molecule has 0 heterocycles. The standard InChI is InChI=1S/C12H18N2O3/c1-16-11-4-2-3-10(7-11)8-14-5-6-17-9-12(13)15/h2-4,7,14H,5-6,8-9H2,1H3,(H2,13,15). The van der Waals surface area contributed by atoms with Crippen LogP contribution in [0.4, 0.5) is 0 Å². The molecule has 0 saturated heterocycles. The van der Waals surface area contributed by atoms with Crippen molar-refractivity contribution in [1.82, 2.24) is 5.32 Å². The first-order chi connectivity index (χ1) is 8.22. The first kappa shape index (κ1) is 13.5. The number of nitrogens with two attached hydrogens (primary N) is 1. The molecule has 0 aliphatic heterocycles. The molecule has 0 aliphatic rings. The number of hydrogen-bond donors (Lipinski definition) is 2. The zero-order valence-corrected chi connectivity index (χ0v) is 9.94. The van der Waals surface area contributed by atoms with Gasteiger partial charge in [-0.3, -0.25) is 4.79 Å². The summed E-state index contributed by atoms with van der Waals surface area (Å²) in [6.45, 7) is 1.84. The van der Waals surface area contributed by atoms with E-state index in [0.29, 0.717) is 13.2 Å². The Bertz CT molecular complexity index is 355. The molecule has 5 heteroatoms. The Balaban J connectivity index is 2.15. The Labute approximate surface area is 101 Å². The number of methoxy groups -OCH3 is 1. The summed E-state index contributed by atoms with van der Waals surface area (Å²) in [7, 11) is 1.64. The number of rotatable bonds is 8. The Morgan fingerprint density at radius 3 is 3.00 bits per heavy atom. The lowest BCUT2D eigenvalue weighted by atomic mass is 10.2. The maximum absolute atomic E-state index is 10.4. The molecule has 1 aromatic carbocycles. The second kappa shape index (κ2) is 7.65. The van der Waals surface area contributed by atoms with Crippen molar-refractivity contribution in [3.63, 3.8) is 0 Å². The molecule has 0 saturated carbocycles. The predicted molar refractivity (Wildman–Crippen MR) is 64.7 cm³/mol. The molecule has 0 unspecified atom stereocenters. The zero-order valence-electron chi connectivity index (χ0n) is 9.94. The fourth-order valence-electron chi connectivity index (χ4n) is 1.33. The lowest BCUT2D eigenvalue weighted by molar-refractivity contribution is -0.122. The van der Waals surface area contributed by atoms with Gasteiger partial charge in [-0.05, 0) is 17.7 Å². The van der Waals surface area contributed by atoms with Gasteiger partial charge in [-0.15, -0.1) is 0 Å². The van der Waals surface area contributed by atoms with Crippen molar-refractivity contribution in [2.24, 2.45) is 5.73 Å². The van der Waals surface area contributed by atoms with Crippen LogP contribution in [0.5, 0.6) is 5.75 Å². The van der Waals surface area contributed by atoms with Gasteiger partial charge in [0.2, 0.25) is 5.91 Å². The number of hydrogen-bond acceptors (Lipinski definition) is 4. The minimum absolute atomic E-state index is 0.0269. The number of primary amides is 1. The molecular formula is C12H18N2O3. The van der Waals surface area contributed by atoms with E-state index < -0.39 is 5.91 Å². The van der Waals surface area contributed by atoms with Crippen molar-refractivity contribution in [2.75, 3.05) is 26.9 Å². The summed E-state index contributed by atoms with van der Waals surface area (Å²) < 4.78 is 10.1. The normalized spacial score (nSPS) is 10.2. The Morgan fingerprint density at radius 1 is 1.47 bits per heavy atom. The molecule has 0 atom stereocenters. The highest BCUT2D eigenvalue weighted by molar-refractivity contribution is 5.74. The monoisotopic (exact) mass is 238 g/mol. The van der Waals surface area contributed by atoms with E-state index >= 15 is 0 Å². The quantitative estimate of drug-likeness (QED) is 0.638. The van der Waals surface area contributed by atoms with Crippen molar-refractivity contribution >= 4 is 5.91 Å². The van der Waals surface area contributed by atoms with Crippen LogP contribution >= 0.6 is 0 Å². The molecule has 5 nitrogen and oxygen atoms in total. The summed E-state index contributed by atoms with van der Waals surface area (Å²) in [5.41, 5.74) is 6.07. The van der Waals surface area contributed by atoms with Crippen LogP contribution in [-0.2, 0) is 16.1 Å². The number of ether oxygens (including phenoxy) is 2. The van der Waals surface area contributed by atoms with Crippen LogP contribution in [0.1, 0.15) is 5.56 Å². The van der Waals surface area contributed by atoms with E-state index in [1.54, 1.807) is 7.11 Å². The van der Waals surface area contributed by atoms with Crippen LogP contribution in [0.25, 0.3) is 0 Å². The van der Waals surface area contributed by atoms with Crippen LogP contribution in [-0.4, -0.2) is 32.8 Å². The van der Waals surface area contributed by atoms with Crippen LogP contribution in [0.15, 0.2) is 24.3 Å². The number of benzene rings is 1. The van der Waals surface area contributed by atoms with Gasteiger partial charge in [-0.2, -0.15) is 0 Å². The van der Waals surface area contributed by atoms with E-state index in [1.807, 2.05) is 24.3 Å². The van der Waals surface area contributed by atoms with Gasteiger partial charge in [0.25, 0.3) is 0 Å². The number of amides is 1. The van der Waals surface area contributed by atoms with Gasteiger partial charge in [0.15, 0.2) is 0 Å². The van der Waals surface area contributed by atoms with Crippen molar-refractivity contribution in [1.29, 1.82) is 0 Å². The van der Waals surface area contributed by atoms with Crippen molar-refractivity contribution < 1.29 is 14.3 Å². The van der Waals surface area contributed by atoms with E-state index in [4.69, 9.17) is 15.2 Å². The van der Waals surface area contributed by atoms with E-state index in [-0.39, 0.29) is 6.61 Å². The summed E-state index contributed by atoms with van der Waals surface area (Å²) in [5.74, 6) is 0.395. The molecule has 0 spiro atoms. The summed E-state index contributed by atoms with van der Waals surface area (Å²) >= 11 is 0. The molecule has 3 N–H and O–H groups in total. The van der Waals surface area contributed by atoms with Crippen molar-refractivity contribution in [3.8, 4) is 5.75 Å². The average molecular weight is 238 g/mol. The van der Waals surface area contributed by atoms with Crippen molar-refractivity contribution in [2.45, 2.75) is 6.54 Å². The third kappa shape index (κ3) is 5.89. The molecule has 0 bridgehead atoms. The van der Waals surface area contributed by atoms with Gasteiger partial charge in [-0.25, -0.2) is 0 Å². The van der Waals surface area contributed by atoms with Crippen LogP contribution < -0.4 is 15.8 Å². The first-order valence-corrected chi connectivity index (χ1v) is 5.42. The van der Waals surface area contributed by atoms with E-state index in [0.717, 1.165) is 17.9 Å². The summed E-state index contributed by atoms with van der Waals surface area (Å²) in [6.07, 6.45) is 0. The Hall–Kier alpha value is -1.59. The molecular weight excluding hydrogens is 220 g/mol. The lowest BCUT2D eigenvalue weighted by Crippen LogP contribution is -2.23. The van der Waals surface area contributed by atoms with Gasteiger partial charge in [0.05, 0.1) is 13.7 Å². The maximum Gasteiger partial charge on any atom is 0.243 e. The second-order valence-corrected chi connectivity index (χ2v) is 3.55. The van der Waals surface area contributed by atoms with Crippen LogP contribution in [0.2, 0.25) is 0 Å². The summed E-state index contributed by atoms with van der Waals surface area (Å²) in [4.78, 5) is 10.4. The third-order valence-electron chi connectivity index (χ3n) is 2.13. The second-order valence-electron chi connectivity index (χ2n) is 3.55. The minimum atomic E-state index is -0.446. The minimum Gasteiger partial charge on any atom is -0.497 e. The lowest BCUT2D eigenvalue weighted by Gasteiger charge is -2.06. The number of carbonyl (C=O) groups excluding carboxylic acids is 1. The molecule has 1 aromatic rings. The van der Waals surface area contributed by atoms with E-state index in [9.17, 15) is 4.79 Å². The van der Waals surface area contributed by atoms with Crippen LogP contribution in [0, 0.1) is 0 Å². The zero-order chi connectivity index (χ0) is 12.5. The van der Waals surface area contributed by atoms with Crippen molar-refractivity contribution in [3.05, 3.63) is 29.8 Å². The SMILES string of the molecule is COc1cccc(CNCCOCC(N)=O)c1. The van der Waals surface area contributed by atoms with Gasteiger partial charge in [-0.1, -0.05) is 12.1 Å². The highest BCUT2D eigenvalue weighted by Gasteiger charge is 1.96.